The van der Waals surface area contributed by atoms with Gasteiger partial charge >= 0.3 is 0 Å². The molecule has 1 heterocycles. The van der Waals surface area contributed by atoms with E-state index in [1.807, 2.05) is 6.07 Å². The average Bonchev–Trinajstić information content (AvgIpc) is 3.83. The van der Waals surface area contributed by atoms with E-state index in [-0.39, 0.29) is 5.92 Å². The minimum absolute atomic E-state index is 0.0313. The Kier molecular flexibility index (Phi) is 7.86. The van der Waals surface area contributed by atoms with Gasteiger partial charge in [0.1, 0.15) is 11.2 Å². The molecule has 0 radical (unpaired) electrons. The maximum atomic E-state index is 6.48. The largest absolute Gasteiger partial charge is 0.455 e. The smallest absolute Gasteiger partial charge is 0.143 e. The summed E-state index contributed by atoms with van der Waals surface area (Å²) in [5.74, 6) is -0.0313. The number of para-hydroxylation sites is 2. The van der Waals surface area contributed by atoms with Gasteiger partial charge in [0.15, 0.2) is 0 Å². The summed E-state index contributed by atoms with van der Waals surface area (Å²) in [5, 5.41) is 2.28. The number of hydrogen-bond acceptors (Lipinski definition) is 1. The summed E-state index contributed by atoms with van der Waals surface area (Å²) in [4.78, 5) is 0. The number of hydrogen-bond donors (Lipinski definition) is 0. The van der Waals surface area contributed by atoms with Crippen LogP contribution in [0.1, 0.15) is 44.9 Å². The molecule has 0 fully saturated rings. The SMILES string of the molecule is c1ccc(-c2ccc(C(c3ccc(-c4cccc5c4oc4ccccc45)cc3)c3cccc4c3-c3ccccc3C4(c3ccccc3)c3ccccc3)cc2)cc1. The number of furan rings is 1. The minimum atomic E-state index is -0.471. The van der Waals surface area contributed by atoms with Crippen LogP contribution in [0.3, 0.4) is 0 Å². The third kappa shape index (κ3) is 5.24. The van der Waals surface area contributed by atoms with Crippen LogP contribution in [0, 0.1) is 0 Å². The van der Waals surface area contributed by atoms with E-state index in [2.05, 4.69) is 218 Å². The van der Waals surface area contributed by atoms with Crippen molar-refractivity contribution in [1.29, 1.82) is 0 Å². The number of rotatable bonds is 7. The zero-order valence-electron chi connectivity index (χ0n) is 31.3. The fraction of sp³-hybridized carbons (Fsp3) is 0.0357. The highest BCUT2D eigenvalue weighted by Crippen LogP contribution is 2.58. The zero-order valence-corrected chi connectivity index (χ0v) is 31.3. The third-order valence-electron chi connectivity index (χ3n) is 12.1. The first-order valence-electron chi connectivity index (χ1n) is 19.8. The molecule has 0 spiro atoms. The van der Waals surface area contributed by atoms with Crippen molar-refractivity contribution in [3.05, 3.63) is 263 Å². The van der Waals surface area contributed by atoms with Gasteiger partial charge in [-0.2, -0.15) is 0 Å². The van der Waals surface area contributed by atoms with Gasteiger partial charge in [-0.25, -0.2) is 0 Å². The van der Waals surface area contributed by atoms with Crippen molar-refractivity contribution in [3.63, 3.8) is 0 Å². The van der Waals surface area contributed by atoms with E-state index in [0.717, 1.165) is 33.1 Å². The summed E-state index contributed by atoms with van der Waals surface area (Å²) < 4.78 is 6.48. The lowest BCUT2D eigenvalue weighted by Gasteiger charge is -2.34. The Morgan fingerprint density at radius 3 is 1.56 bits per heavy atom. The van der Waals surface area contributed by atoms with Crippen LogP contribution in [0.25, 0.3) is 55.3 Å². The van der Waals surface area contributed by atoms with Crippen LogP contribution in [0.15, 0.2) is 229 Å². The second-order valence-corrected chi connectivity index (χ2v) is 15.1. The maximum absolute atomic E-state index is 6.48. The lowest BCUT2D eigenvalue weighted by Crippen LogP contribution is -2.28. The van der Waals surface area contributed by atoms with E-state index in [1.165, 1.54) is 61.2 Å². The van der Waals surface area contributed by atoms with Crippen molar-refractivity contribution in [2.24, 2.45) is 0 Å². The lowest BCUT2D eigenvalue weighted by atomic mass is 9.67. The molecule has 57 heavy (non-hydrogen) atoms. The van der Waals surface area contributed by atoms with Crippen molar-refractivity contribution in [1.82, 2.24) is 0 Å². The van der Waals surface area contributed by atoms with Gasteiger partial charge in [-0.05, 0) is 72.8 Å². The first-order valence-corrected chi connectivity index (χ1v) is 19.8. The fourth-order valence-corrected chi connectivity index (χ4v) is 9.64. The highest BCUT2D eigenvalue weighted by Gasteiger charge is 2.47. The highest BCUT2D eigenvalue weighted by atomic mass is 16.3. The zero-order chi connectivity index (χ0) is 37.8. The van der Waals surface area contributed by atoms with Crippen LogP contribution >= 0.6 is 0 Å². The molecule has 0 aliphatic heterocycles. The quantitative estimate of drug-likeness (QED) is 0.149. The molecule has 1 aliphatic carbocycles. The second-order valence-electron chi connectivity index (χ2n) is 15.1. The molecule has 0 amide bonds. The monoisotopic (exact) mass is 726 g/mol. The van der Waals surface area contributed by atoms with Crippen molar-refractivity contribution in [2.45, 2.75) is 11.3 Å². The average molecular weight is 727 g/mol. The number of fused-ring (bicyclic) bond motifs is 6. The molecule has 0 N–H and O–H groups in total. The second kappa shape index (κ2) is 13.5. The molecule has 1 atom stereocenters. The topological polar surface area (TPSA) is 13.1 Å². The minimum Gasteiger partial charge on any atom is -0.455 e. The van der Waals surface area contributed by atoms with E-state index in [9.17, 15) is 0 Å². The molecule has 1 heteroatoms. The van der Waals surface area contributed by atoms with Gasteiger partial charge in [-0.1, -0.05) is 218 Å². The van der Waals surface area contributed by atoms with Gasteiger partial charge in [-0.3, -0.25) is 0 Å². The Morgan fingerprint density at radius 1 is 0.351 bits per heavy atom. The lowest BCUT2D eigenvalue weighted by molar-refractivity contribution is 0.670. The summed E-state index contributed by atoms with van der Waals surface area (Å²) in [6.45, 7) is 0. The predicted molar refractivity (Wildman–Crippen MR) is 236 cm³/mol. The summed E-state index contributed by atoms with van der Waals surface area (Å²) in [7, 11) is 0. The van der Waals surface area contributed by atoms with E-state index in [4.69, 9.17) is 4.42 Å². The molecule has 268 valence electrons. The van der Waals surface area contributed by atoms with Crippen molar-refractivity contribution < 1.29 is 4.42 Å². The molecule has 0 bridgehead atoms. The van der Waals surface area contributed by atoms with E-state index in [0.29, 0.717) is 0 Å². The van der Waals surface area contributed by atoms with Gasteiger partial charge in [0.05, 0.1) is 5.41 Å². The summed E-state index contributed by atoms with van der Waals surface area (Å²) >= 11 is 0. The Morgan fingerprint density at radius 2 is 0.860 bits per heavy atom. The Hall–Kier alpha value is -7.22. The van der Waals surface area contributed by atoms with Crippen LogP contribution < -0.4 is 0 Å². The molecule has 11 rings (SSSR count). The van der Waals surface area contributed by atoms with Crippen LogP contribution in [0.5, 0.6) is 0 Å². The molecule has 10 aromatic rings. The molecule has 9 aromatic carbocycles. The Bertz CT molecular complexity index is 2990. The molecule has 0 saturated carbocycles. The molecule has 1 nitrogen and oxygen atoms in total. The van der Waals surface area contributed by atoms with Gasteiger partial charge < -0.3 is 4.42 Å². The van der Waals surface area contributed by atoms with Gasteiger partial charge in [-0.15, -0.1) is 0 Å². The summed E-state index contributed by atoms with van der Waals surface area (Å²) in [5.41, 5.74) is 17.6. The first-order chi connectivity index (χ1) is 28.3. The molecular weight excluding hydrogens is 689 g/mol. The Balaban J connectivity index is 1.13. The molecule has 1 aromatic heterocycles. The van der Waals surface area contributed by atoms with Crippen molar-refractivity contribution in [2.75, 3.05) is 0 Å². The third-order valence-corrected chi connectivity index (χ3v) is 12.1. The van der Waals surface area contributed by atoms with Crippen LogP contribution in [-0.2, 0) is 5.41 Å². The summed E-state index contributed by atoms with van der Waals surface area (Å²) in [6, 6.07) is 82.1. The van der Waals surface area contributed by atoms with Gasteiger partial charge in [0.25, 0.3) is 0 Å². The molecular formula is C56H38O. The Labute approximate surface area is 333 Å². The molecule has 1 unspecified atom stereocenters. The van der Waals surface area contributed by atoms with Gasteiger partial charge in [0, 0.05) is 22.3 Å². The normalized spacial score (nSPS) is 13.3. The van der Waals surface area contributed by atoms with Crippen molar-refractivity contribution in [3.8, 4) is 33.4 Å². The standard InChI is InChI=1S/C56H38O/c1-4-16-38(17-5-1)39-30-34-41(35-31-39)53(42-36-32-40(33-37-42)45-24-14-25-47-46-22-11-13-29-52(46)57-55(45)47)49-26-15-28-51-54(49)48-23-10-12-27-50(48)56(51,43-18-6-2-7-19-43)44-20-8-3-9-21-44/h1-37,53H. The highest BCUT2D eigenvalue weighted by molar-refractivity contribution is 6.09. The molecule has 1 aliphatic rings. The van der Waals surface area contributed by atoms with Crippen LogP contribution in [-0.4, -0.2) is 0 Å². The van der Waals surface area contributed by atoms with E-state index >= 15 is 0 Å². The number of benzene rings is 9. The maximum Gasteiger partial charge on any atom is 0.143 e. The molecule has 0 saturated heterocycles. The van der Waals surface area contributed by atoms with E-state index < -0.39 is 5.41 Å². The summed E-state index contributed by atoms with van der Waals surface area (Å²) in [6.07, 6.45) is 0. The predicted octanol–water partition coefficient (Wildman–Crippen LogP) is 14.5. The van der Waals surface area contributed by atoms with Gasteiger partial charge in [0.2, 0.25) is 0 Å². The van der Waals surface area contributed by atoms with Crippen molar-refractivity contribution >= 4 is 21.9 Å². The van der Waals surface area contributed by atoms with Crippen LogP contribution in [0.2, 0.25) is 0 Å². The van der Waals surface area contributed by atoms with E-state index in [1.54, 1.807) is 0 Å². The fourth-order valence-electron chi connectivity index (χ4n) is 9.64. The first kappa shape index (κ1) is 33.1. The van der Waals surface area contributed by atoms with Crippen LogP contribution in [0.4, 0.5) is 0 Å².